The van der Waals surface area contributed by atoms with Crippen molar-refractivity contribution in [3.63, 3.8) is 0 Å². The highest BCUT2D eigenvalue weighted by Gasteiger charge is 2.45. The summed E-state index contributed by atoms with van der Waals surface area (Å²) in [5, 5.41) is 0. The molecule has 2 saturated heterocycles. The molecule has 0 spiro atoms. The molecule has 322 valence electrons. The van der Waals surface area contributed by atoms with Crippen LogP contribution < -0.4 is 0 Å². The number of likely N-dealkylation sites (tertiary alicyclic amines) is 2. The van der Waals surface area contributed by atoms with E-state index in [1.54, 1.807) is 0 Å². The van der Waals surface area contributed by atoms with Gasteiger partial charge in [0.2, 0.25) is 0 Å². The number of hydrogen-bond acceptors (Lipinski definition) is 5. The third kappa shape index (κ3) is 8.19. The van der Waals surface area contributed by atoms with E-state index in [0.717, 1.165) is 84.2 Å². The molecule has 2 aliphatic carbocycles. The smallest absolute Gasteiger partial charge is 0.130 e. The second kappa shape index (κ2) is 18.0. The Labute approximate surface area is 370 Å². The van der Waals surface area contributed by atoms with Gasteiger partial charge in [0.25, 0.3) is 0 Å². The lowest BCUT2D eigenvalue weighted by atomic mass is 9.81. The zero-order valence-corrected chi connectivity index (χ0v) is 38.9. The van der Waals surface area contributed by atoms with Crippen LogP contribution in [0.25, 0.3) is 38.8 Å². The van der Waals surface area contributed by atoms with Gasteiger partial charge in [0.15, 0.2) is 0 Å². The molecule has 2 aromatic heterocycles. The summed E-state index contributed by atoms with van der Waals surface area (Å²) >= 11 is 1.93. The maximum Gasteiger partial charge on any atom is 0.130 e. The number of allylic oxidation sites excluding steroid dienone is 5. The number of thioether (sulfide) groups is 1. The predicted octanol–water partition coefficient (Wildman–Crippen LogP) is 13.5. The third-order valence-corrected chi connectivity index (χ3v) is 16.3. The number of hydrogen-bond donors (Lipinski definition) is 2. The molecule has 6 nitrogen and oxygen atoms in total. The van der Waals surface area contributed by atoms with Crippen LogP contribution in [0.1, 0.15) is 126 Å². The van der Waals surface area contributed by atoms with Gasteiger partial charge in [0.05, 0.1) is 34.2 Å². The lowest BCUT2D eigenvalue weighted by Crippen LogP contribution is -2.28. The number of fused-ring (bicyclic) bond motifs is 3. The molecule has 7 heteroatoms. The number of nitrogens with one attached hydrogen (secondary N) is 2. The predicted molar refractivity (Wildman–Crippen MR) is 260 cm³/mol. The van der Waals surface area contributed by atoms with Crippen LogP contribution in [0.15, 0.2) is 84.6 Å². The van der Waals surface area contributed by atoms with Crippen LogP contribution in [-0.2, 0) is 6.42 Å². The quantitative estimate of drug-likeness (QED) is 0.110. The van der Waals surface area contributed by atoms with Crippen LogP contribution in [0, 0.1) is 42.4 Å². The Balaban J connectivity index is 0.951. The fourth-order valence-corrected chi connectivity index (χ4v) is 12.7. The number of imidazole rings is 2. The Morgan fingerprint density at radius 1 is 0.869 bits per heavy atom. The van der Waals surface area contributed by atoms with Crippen molar-refractivity contribution >= 4 is 39.4 Å². The highest BCUT2D eigenvalue weighted by molar-refractivity contribution is 7.98. The summed E-state index contributed by atoms with van der Waals surface area (Å²) in [5.74, 6) is 7.19. The van der Waals surface area contributed by atoms with Gasteiger partial charge in [-0.3, -0.25) is 4.90 Å². The Hall–Kier alpha value is -4.07. The fourth-order valence-electron chi connectivity index (χ4n) is 12.1. The maximum atomic E-state index is 5.33. The molecule has 2 aliphatic heterocycles. The Morgan fingerprint density at radius 3 is 2.33 bits per heavy atom. The van der Waals surface area contributed by atoms with E-state index in [4.69, 9.17) is 16.5 Å². The Kier molecular flexibility index (Phi) is 12.4. The van der Waals surface area contributed by atoms with Crippen LogP contribution in [-0.4, -0.2) is 61.9 Å². The minimum absolute atomic E-state index is 0.242. The molecule has 9 rings (SSSR count). The maximum absolute atomic E-state index is 5.33. The summed E-state index contributed by atoms with van der Waals surface area (Å²) in [6, 6.07) is 21.6. The molecular weight excluding hydrogens is 765 g/mol. The number of aromatic nitrogens is 4. The number of benzene rings is 3. The third-order valence-electron chi connectivity index (χ3n) is 15.7. The normalized spacial score (nSPS) is 26.0. The average molecular weight is 835 g/mol. The van der Waals surface area contributed by atoms with Crippen molar-refractivity contribution in [2.24, 2.45) is 35.5 Å². The SMILES string of the molecule is C=C(C(C)CCSC)N1CC(CC)C(CC)C1c1nc2ccc(C3=CC(CCc4ccc(C)cc4-c4ccc5nc(C6C7CCCC7CN6C)[nH]c5c4)=CCC3CC)cc2[nH]1. The first-order valence-electron chi connectivity index (χ1n) is 23.8. The van der Waals surface area contributed by atoms with Gasteiger partial charge in [0, 0.05) is 18.8 Å². The van der Waals surface area contributed by atoms with Gasteiger partial charge in [0.1, 0.15) is 11.6 Å². The van der Waals surface area contributed by atoms with E-state index in [0.29, 0.717) is 29.7 Å². The van der Waals surface area contributed by atoms with Gasteiger partial charge in [-0.2, -0.15) is 11.8 Å². The largest absolute Gasteiger partial charge is 0.364 e. The molecule has 61 heavy (non-hydrogen) atoms. The van der Waals surface area contributed by atoms with Crippen molar-refractivity contribution in [3.05, 3.63) is 113 Å². The number of nitrogens with zero attached hydrogens (tertiary/aromatic N) is 4. The summed E-state index contributed by atoms with van der Waals surface area (Å²) in [5.41, 5.74) is 15.3. The van der Waals surface area contributed by atoms with Crippen molar-refractivity contribution in [1.82, 2.24) is 29.7 Å². The molecule has 4 aliphatic rings. The van der Waals surface area contributed by atoms with Crippen molar-refractivity contribution in [1.29, 1.82) is 0 Å². The van der Waals surface area contributed by atoms with Gasteiger partial charge in [-0.25, -0.2) is 9.97 Å². The van der Waals surface area contributed by atoms with Gasteiger partial charge < -0.3 is 14.9 Å². The molecule has 0 amide bonds. The highest BCUT2D eigenvalue weighted by atomic mass is 32.2. The fraction of sp³-hybridized carbons (Fsp3) is 0.519. The van der Waals surface area contributed by atoms with Crippen LogP contribution in [0.2, 0.25) is 0 Å². The van der Waals surface area contributed by atoms with E-state index in [1.165, 1.54) is 89.1 Å². The molecule has 3 aromatic carbocycles. The second-order valence-corrected chi connectivity index (χ2v) is 20.3. The Morgan fingerprint density at radius 2 is 1.61 bits per heavy atom. The van der Waals surface area contributed by atoms with E-state index in [1.807, 2.05) is 11.8 Å². The first-order valence-corrected chi connectivity index (χ1v) is 25.2. The monoisotopic (exact) mass is 835 g/mol. The minimum atomic E-state index is 0.242. The summed E-state index contributed by atoms with van der Waals surface area (Å²) in [4.78, 5) is 23.4. The summed E-state index contributed by atoms with van der Waals surface area (Å²) in [6.07, 6.45) is 19.1. The zero-order valence-electron chi connectivity index (χ0n) is 38.1. The molecule has 4 heterocycles. The molecule has 0 radical (unpaired) electrons. The molecule has 0 bridgehead atoms. The first kappa shape index (κ1) is 42.2. The van der Waals surface area contributed by atoms with Crippen LogP contribution in [0.3, 0.4) is 0 Å². The summed E-state index contributed by atoms with van der Waals surface area (Å²) < 4.78 is 0. The lowest BCUT2D eigenvalue weighted by molar-refractivity contribution is 0.244. The van der Waals surface area contributed by atoms with Crippen LogP contribution in [0.5, 0.6) is 0 Å². The van der Waals surface area contributed by atoms with Crippen molar-refractivity contribution < 1.29 is 0 Å². The molecule has 2 N–H and O–H groups in total. The molecular formula is C54H70N6S. The van der Waals surface area contributed by atoms with E-state index < -0.39 is 0 Å². The van der Waals surface area contributed by atoms with E-state index in [9.17, 15) is 0 Å². The average Bonchev–Trinajstić information content (AvgIpc) is 4.11. The summed E-state index contributed by atoms with van der Waals surface area (Å²) in [7, 11) is 2.29. The molecule has 8 atom stereocenters. The summed E-state index contributed by atoms with van der Waals surface area (Å²) in [6.45, 7) is 18.6. The van der Waals surface area contributed by atoms with Crippen LogP contribution >= 0.6 is 11.8 Å². The molecule has 8 unspecified atom stereocenters. The number of rotatable bonds is 15. The molecule has 1 saturated carbocycles. The van der Waals surface area contributed by atoms with E-state index >= 15 is 0 Å². The van der Waals surface area contributed by atoms with Gasteiger partial charge in [-0.05, 0) is 159 Å². The van der Waals surface area contributed by atoms with E-state index in [-0.39, 0.29) is 6.04 Å². The Bertz CT molecular complexity index is 2430. The minimum Gasteiger partial charge on any atom is -0.364 e. The topological polar surface area (TPSA) is 63.8 Å². The first-order chi connectivity index (χ1) is 29.7. The van der Waals surface area contributed by atoms with Gasteiger partial charge >= 0.3 is 0 Å². The number of aromatic amines is 2. The zero-order chi connectivity index (χ0) is 42.4. The number of aryl methyl sites for hydroxylation is 2. The highest BCUT2D eigenvalue weighted by Crippen LogP contribution is 2.49. The molecule has 5 aromatic rings. The number of H-pyrrole nitrogens is 2. The standard InChI is InChI=1S/C54H70N6S/c1-9-37-19-16-36(17-20-39-18-15-33(4)27-45(39)40-21-23-47-49(29-40)57-53(55-47)51-44-14-12-13-42(44)31-59(51)7)28-46(37)41-22-24-48-50(30-41)58-54(56-48)52-43(11-3)38(10-2)32-60(52)35(6)34(5)25-26-61-8/h15-16,18,21-24,27-30,34,37-38,42-44,51-52H,6,9-14,17,19-20,25-26,31-32H2,1-5,7-8H3,(H,55,57)(H,56,58). The van der Waals surface area contributed by atoms with E-state index in [2.05, 4.69) is 134 Å². The second-order valence-electron chi connectivity index (χ2n) is 19.3. The van der Waals surface area contributed by atoms with Gasteiger partial charge in [-0.1, -0.05) is 107 Å². The van der Waals surface area contributed by atoms with Gasteiger partial charge in [-0.15, -0.1) is 0 Å². The van der Waals surface area contributed by atoms with Crippen molar-refractivity contribution in [2.45, 2.75) is 111 Å². The lowest BCUT2D eigenvalue weighted by Gasteiger charge is -2.32. The van der Waals surface area contributed by atoms with Crippen molar-refractivity contribution in [3.8, 4) is 11.1 Å². The molecule has 3 fully saturated rings. The van der Waals surface area contributed by atoms with Crippen molar-refractivity contribution in [2.75, 3.05) is 32.1 Å². The van der Waals surface area contributed by atoms with Crippen LogP contribution in [0.4, 0.5) is 0 Å².